The fraction of sp³-hybridized carbons (Fsp3) is 0.417. The zero-order valence-electron chi connectivity index (χ0n) is 8.63. The van der Waals surface area contributed by atoms with Crippen LogP contribution in [0.4, 0.5) is 0 Å². The van der Waals surface area contributed by atoms with Crippen LogP contribution in [0.2, 0.25) is 5.02 Å². The van der Waals surface area contributed by atoms with E-state index in [0.717, 1.165) is 25.0 Å². The highest BCUT2D eigenvalue weighted by Gasteiger charge is 2.15. The minimum Gasteiger partial charge on any atom is -0.307 e. The molecule has 1 aliphatic carbocycles. The summed E-state index contributed by atoms with van der Waals surface area (Å²) in [7, 11) is 0. The maximum Gasteiger partial charge on any atom is 0.269 e. The van der Waals surface area contributed by atoms with Crippen LogP contribution in [-0.2, 0) is 19.4 Å². The van der Waals surface area contributed by atoms with Crippen molar-refractivity contribution in [1.82, 2.24) is 4.57 Å². The van der Waals surface area contributed by atoms with Crippen molar-refractivity contribution in [3.8, 4) is 0 Å². The van der Waals surface area contributed by atoms with Crippen LogP contribution < -0.4 is 5.56 Å². The number of fused-ring (bicyclic) bond motifs is 1. The van der Waals surface area contributed by atoms with Gasteiger partial charge in [0.25, 0.3) is 5.56 Å². The predicted molar refractivity (Wildman–Crippen MR) is 62.6 cm³/mol. The van der Waals surface area contributed by atoms with Gasteiger partial charge in [0, 0.05) is 12.2 Å². The molecule has 0 saturated heterocycles. The van der Waals surface area contributed by atoms with Crippen molar-refractivity contribution in [2.45, 2.75) is 32.2 Å². The van der Waals surface area contributed by atoms with E-state index in [9.17, 15) is 4.79 Å². The number of hydrogen-bond acceptors (Lipinski definition) is 1. The maximum absolute atomic E-state index is 11.8. The first-order valence-corrected chi connectivity index (χ1v) is 5.64. The van der Waals surface area contributed by atoms with E-state index in [1.165, 1.54) is 12.0 Å². The maximum atomic E-state index is 11.8. The molecule has 1 aromatic heterocycles. The Morgan fingerprint density at radius 3 is 2.93 bits per heavy atom. The molecule has 1 aliphatic rings. The lowest BCUT2D eigenvalue weighted by Crippen LogP contribution is -2.26. The molecular formula is C12H14ClNO. The third-order valence-corrected chi connectivity index (χ3v) is 3.14. The normalized spacial score (nSPS) is 14.7. The summed E-state index contributed by atoms with van der Waals surface area (Å²) in [6.45, 7) is 4.23. The fourth-order valence-electron chi connectivity index (χ4n) is 2.16. The highest BCUT2D eigenvalue weighted by Crippen LogP contribution is 2.22. The summed E-state index contributed by atoms with van der Waals surface area (Å²) in [5.74, 6) is 0. The molecule has 0 saturated carbocycles. The van der Waals surface area contributed by atoms with E-state index in [0.29, 0.717) is 11.6 Å². The van der Waals surface area contributed by atoms with Crippen LogP contribution >= 0.6 is 11.6 Å². The van der Waals surface area contributed by atoms with Gasteiger partial charge in [0.05, 0.1) is 0 Å². The Balaban J connectivity index is 2.62. The Morgan fingerprint density at radius 2 is 2.20 bits per heavy atom. The molecule has 2 rings (SSSR count). The quantitative estimate of drug-likeness (QED) is 0.707. The Bertz CT molecular complexity index is 448. The van der Waals surface area contributed by atoms with E-state index >= 15 is 0 Å². The van der Waals surface area contributed by atoms with Gasteiger partial charge in [-0.25, -0.2) is 0 Å². The molecule has 1 aromatic rings. The summed E-state index contributed by atoms with van der Waals surface area (Å²) in [5, 5.41) is 0.331. The molecule has 0 atom stereocenters. The van der Waals surface area contributed by atoms with E-state index < -0.39 is 0 Å². The minimum absolute atomic E-state index is 0.0859. The first kappa shape index (κ1) is 10.5. The smallest absolute Gasteiger partial charge is 0.269 e. The van der Waals surface area contributed by atoms with Gasteiger partial charge in [0.2, 0.25) is 0 Å². The van der Waals surface area contributed by atoms with Crippen molar-refractivity contribution < 1.29 is 0 Å². The molecule has 0 bridgehead atoms. The minimum atomic E-state index is -0.0859. The summed E-state index contributed by atoms with van der Waals surface area (Å²) in [6, 6.07) is 1.83. The zero-order chi connectivity index (χ0) is 10.8. The monoisotopic (exact) mass is 223 g/mol. The van der Waals surface area contributed by atoms with Gasteiger partial charge >= 0.3 is 0 Å². The van der Waals surface area contributed by atoms with Crippen molar-refractivity contribution in [3.05, 3.63) is 45.4 Å². The number of rotatable bonds is 2. The first-order valence-electron chi connectivity index (χ1n) is 5.26. The van der Waals surface area contributed by atoms with Crippen LogP contribution in [0.5, 0.6) is 0 Å². The lowest BCUT2D eigenvalue weighted by Gasteiger charge is -2.20. The van der Waals surface area contributed by atoms with Crippen molar-refractivity contribution in [3.63, 3.8) is 0 Å². The molecule has 80 valence electrons. The second-order valence-corrected chi connectivity index (χ2v) is 4.28. The molecule has 0 unspecified atom stereocenters. The summed E-state index contributed by atoms with van der Waals surface area (Å²) in [5.41, 5.74) is 2.29. The topological polar surface area (TPSA) is 22.0 Å². The number of nitrogens with zero attached hydrogens (tertiary/aromatic N) is 1. The standard InChI is InChI=1S/C12H14ClNO/c1-2-7-14-11-6-4-3-5-9(11)8-10(13)12(14)15/h2,8H,1,3-7H2. The van der Waals surface area contributed by atoms with Crippen LogP contribution in [0.1, 0.15) is 24.1 Å². The van der Waals surface area contributed by atoms with Gasteiger partial charge in [-0.1, -0.05) is 17.7 Å². The first-order chi connectivity index (χ1) is 7.24. The zero-order valence-corrected chi connectivity index (χ0v) is 9.39. The number of aryl methyl sites for hydroxylation is 1. The van der Waals surface area contributed by atoms with Crippen LogP contribution in [0.25, 0.3) is 0 Å². The van der Waals surface area contributed by atoms with E-state index in [4.69, 9.17) is 11.6 Å². The van der Waals surface area contributed by atoms with Crippen LogP contribution in [0, 0.1) is 0 Å². The summed E-state index contributed by atoms with van der Waals surface area (Å²) in [6.07, 6.45) is 6.11. The van der Waals surface area contributed by atoms with E-state index in [2.05, 4.69) is 6.58 Å². The third kappa shape index (κ3) is 1.86. The molecule has 0 spiro atoms. The van der Waals surface area contributed by atoms with Gasteiger partial charge in [-0.05, 0) is 37.3 Å². The summed E-state index contributed by atoms with van der Waals surface area (Å²) >= 11 is 5.92. The highest BCUT2D eigenvalue weighted by atomic mass is 35.5. The summed E-state index contributed by atoms with van der Waals surface area (Å²) in [4.78, 5) is 11.8. The molecule has 15 heavy (non-hydrogen) atoms. The highest BCUT2D eigenvalue weighted by molar-refractivity contribution is 6.30. The largest absolute Gasteiger partial charge is 0.307 e. The Hall–Kier alpha value is -1.02. The molecular weight excluding hydrogens is 210 g/mol. The number of halogens is 1. The van der Waals surface area contributed by atoms with Gasteiger partial charge < -0.3 is 4.57 Å². The molecule has 0 aromatic carbocycles. The van der Waals surface area contributed by atoms with Crippen molar-refractivity contribution in [2.24, 2.45) is 0 Å². The average molecular weight is 224 g/mol. The lowest BCUT2D eigenvalue weighted by atomic mass is 9.96. The Kier molecular flexibility index (Phi) is 2.96. The van der Waals surface area contributed by atoms with Crippen molar-refractivity contribution >= 4 is 11.6 Å². The van der Waals surface area contributed by atoms with E-state index in [1.54, 1.807) is 10.6 Å². The number of aromatic nitrogens is 1. The fourth-order valence-corrected chi connectivity index (χ4v) is 2.40. The molecule has 1 heterocycles. The molecule has 0 fully saturated rings. The third-order valence-electron chi connectivity index (χ3n) is 2.87. The van der Waals surface area contributed by atoms with Gasteiger partial charge in [-0.2, -0.15) is 0 Å². The SMILES string of the molecule is C=CCn1c2c(cc(Cl)c1=O)CCCC2. The van der Waals surface area contributed by atoms with Crippen molar-refractivity contribution in [2.75, 3.05) is 0 Å². The summed E-state index contributed by atoms with van der Waals surface area (Å²) < 4.78 is 1.75. The second-order valence-electron chi connectivity index (χ2n) is 3.88. The number of hydrogen-bond donors (Lipinski definition) is 0. The molecule has 3 heteroatoms. The molecule has 0 N–H and O–H groups in total. The van der Waals surface area contributed by atoms with Gasteiger partial charge in [0.1, 0.15) is 5.02 Å². The Morgan fingerprint density at radius 1 is 1.47 bits per heavy atom. The Labute approximate surface area is 94.2 Å². The molecule has 0 aliphatic heterocycles. The predicted octanol–water partition coefficient (Wildman–Crippen LogP) is 2.57. The van der Waals surface area contributed by atoms with Gasteiger partial charge in [-0.15, -0.1) is 6.58 Å². The molecule has 0 radical (unpaired) electrons. The van der Waals surface area contributed by atoms with Crippen LogP contribution in [-0.4, -0.2) is 4.57 Å². The van der Waals surface area contributed by atoms with Crippen LogP contribution in [0.3, 0.4) is 0 Å². The van der Waals surface area contributed by atoms with Gasteiger partial charge in [-0.3, -0.25) is 4.79 Å². The number of allylic oxidation sites excluding steroid dienone is 1. The molecule has 2 nitrogen and oxygen atoms in total. The molecule has 0 amide bonds. The average Bonchev–Trinajstić information content (AvgIpc) is 2.25. The lowest BCUT2D eigenvalue weighted by molar-refractivity contribution is 0.606. The van der Waals surface area contributed by atoms with E-state index in [-0.39, 0.29) is 5.56 Å². The number of pyridine rings is 1. The second kappa shape index (κ2) is 4.23. The van der Waals surface area contributed by atoms with E-state index in [1.807, 2.05) is 6.07 Å². The van der Waals surface area contributed by atoms with Crippen molar-refractivity contribution in [1.29, 1.82) is 0 Å². The van der Waals surface area contributed by atoms with Crippen LogP contribution in [0.15, 0.2) is 23.5 Å². The van der Waals surface area contributed by atoms with Gasteiger partial charge in [0.15, 0.2) is 0 Å².